The maximum absolute atomic E-state index is 11.2. The van der Waals surface area contributed by atoms with Crippen molar-refractivity contribution in [3.63, 3.8) is 0 Å². The number of rotatable bonds is 2. The van der Waals surface area contributed by atoms with Crippen molar-refractivity contribution < 1.29 is 9.72 Å². The number of non-ortho nitro benzene ring substituents is 1. The van der Waals surface area contributed by atoms with Crippen LogP contribution in [0.1, 0.15) is 5.56 Å². The minimum Gasteiger partial charge on any atom is -0.267 e. The van der Waals surface area contributed by atoms with Gasteiger partial charge in [-0.25, -0.2) is 4.99 Å². The summed E-state index contributed by atoms with van der Waals surface area (Å²) in [7, 11) is 0. The summed E-state index contributed by atoms with van der Waals surface area (Å²) in [6.07, 6.45) is 2.93. The van der Waals surface area contributed by atoms with E-state index in [1.54, 1.807) is 18.2 Å². The normalized spacial score (nSPS) is 14.1. The van der Waals surface area contributed by atoms with E-state index in [1.165, 1.54) is 18.3 Å². The van der Waals surface area contributed by atoms with Gasteiger partial charge >= 0.3 is 0 Å². The zero-order chi connectivity index (χ0) is 10.8. The maximum Gasteiger partial charge on any atom is 0.277 e. The molecule has 0 N–H and O–H groups in total. The number of hydrogen-bond donors (Lipinski definition) is 0. The Kier molecular flexibility index (Phi) is 2.13. The summed E-state index contributed by atoms with van der Waals surface area (Å²) in [6, 6.07) is 5.92. The van der Waals surface area contributed by atoms with Crippen molar-refractivity contribution in [1.29, 1.82) is 0 Å². The molecule has 1 aromatic carbocycles. The molecule has 74 valence electrons. The van der Waals surface area contributed by atoms with Crippen LogP contribution in [0.2, 0.25) is 0 Å². The van der Waals surface area contributed by atoms with Crippen LogP contribution in [0.4, 0.5) is 5.69 Å². The van der Waals surface area contributed by atoms with E-state index in [0.717, 1.165) is 0 Å². The summed E-state index contributed by atoms with van der Waals surface area (Å²) in [6.45, 7) is 0. The standard InChI is InChI=1S/C10H6N2O3/c13-10-9(4-5-11-10)7-2-1-3-8(6-7)12(14)15/h1-6H. The maximum atomic E-state index is 11.2. The molecule has 0 spiro atoms. The van der Waals surface area contributed by atoms with E-state index in [-0.39, 0.29) is 11.6 Å². The van der Waals surface area contributed by atoms with Gasteiger partial charge in [0.1, 0.15) is 0 Å². The van der Waals surface area contributed by atoms with Crippen molar-refractivity contribution in [3.05, 3.63) is 46.0 Å². The fraction of sp³-hybridized carbons (Fsp3) is 0. The second kappa shape index (κ2) is 3.45. The van der Waals surface area contributed by atoms with E-state index < -0.39 is 4.92 Å². The largest absolute Gasteiger partial charge is 0.277 e. The van der Waals surface area contributed by atoms with Gasteiger partial charge in [0, 0.05) is 18.3 Å². The zero-order valence-electron chi connectivity index (χ0n) is 7.58. The molecule has 1 heterocycles. The predicted molar refractivity (Wildman–Crippen MR) is 54.6 cm³/mol. The Morgan fingerprint density at radius 2 is 2.13 bits per heavy atom. The number of carbonyl (C=O) groups is 1. The highest BCUT2D eigenvalue weighted by Gasteiger charge is 2.16. The Labute approximate surface area is 84.9 Å². The fourth-order valence-corrected chi connectivity index (χ4v) is 1.33. The molecule has 0 bridgehead atoms. The van der Waals surface area contributed by atoms with Gasteiger partial charge in [-0.1, -0.05) is 12.1 Å². The minimum absolute atomic E-state index is 0.0342. The Morgan fingerprint density at radius 1 is 1.33 bits per heavy atom. The third-order valence-electron chi connectivity index (χ3n) is 2.03. The summed E-state index contributed by atoms with van der Waals surface area (Å²) in [5.41, 5.74) is 0.874. The quantitative estimate of drug-likeness (QED) is 0.540. The van der Waals surface area contributed by atoms with E-state index >= 15 is 0 Å². The molecule has 0 atom stereocenters. The minimum atomic E-state index is -0.496. The average molecular weight is 202 g/mol. The number of nitrogens with zero attached hydrogens (tertiary/aromatic N) is 2. The van der Waals surface area contributed by atoms with Crippen LogP contribution < -0.4 is 0 Å². The molecule has 0 saturated carbocycles. The first-order valence-corrected chi connectivity index (χ1v) is 4.22. The van der Waals surface area contributed by atoms with Crippen molar-refractivity contribution in [2.24, 2.45) is 4.99 Å². The van der Waals surface area contributed by atoms with Crippen molar-refractivity contribution in [2.45, 2.75) is 0 Å². The van der Waals surface area contributed by atoms with E-state index in [2.05, 4.69) is 4.99 Å². The Hall–Kier alpha value is -2.30. The van der Waals surface area contributed by atoms with Crippen LogP contribution in [-0.2, 0) is 4.79 Å². The van der Waals surface area contributed by atoms with Crippen LogP contribution in [0, 0.1) is 10.1 Å². The second-order valence-corrected chi connectivity index (χ2v) is 2.97. The fourth-order valence-electron chi connectivity index (χ4n) is 1.33. The summed E-state index contributed by atoms with van der Waals surface area (Å²) < 4.78 is 0. The molecule has 2 rings (SSSR count). The smallest absolute Gasteiger partial charge is 0.267 e. The molecule has 5 heteroatoms. The van der Waals surface area contributed by atoms with Crippen LogP contribution in [0.15, 0.2) is 35.3 Å². The zero-order valence-corrected chi connectivity index (χ0v) is 7.58. The summed E-state index contributed by atoms with van der Waals surface area (Å²) in [5.74, 6) is -0.365. The SMILES string of the molecule is O=C1N=CC=C1c1cccc([N+](=O)[O-])c1. The summed E-state index contributed by atoms with van der Waals surface area (Å²) >= 11 is 0. The number of amides is 1. The van der Waals surface area contributed by atoms with Crippen LogP contribution in [0.25, 0.3) is 5.57 Å². The second-order valence-electron chi connectivity index (χ2n) is 2.97. The van der Waals surface area contributed by atoms with Gasteiger partial charge in [0.25, 0.3) is 11.6 Å². The van der Waals surface area contributed by atoms with E-state index in [4.69, 9.17) is 0 Å². The van der Waals surface area contributed by atoms with E-state index in [9.17, 15) is 14.9 Å². The molecule has 1 aliphatic heterocycles. The van der Waals surface area contributed by atoms with Crippen LogP contribution >= 0.6 is 0 Å². The number of hydrogen-bond acceptors (Lipinski definition) is 3. The predicted octanol–water partition coefficient (Wildman–Crippen LogP) is 1.59. The van der Waals surface area contributed by atoms with E-state index in [0.29, 0.717) is 11.1 Å². The number of aliphatic imine (C=N–C) groups is 1. The third-order valence-corrected chi connectivity index (χ3v) is 2.03. The molecule has 0 fully saturated rings. The van der Waals surface area contributed by atoms with Crippen molar-refractivity contribution in [1.82, 2.24) is 0 Å². The molecule has 5 nitrogen and oxygen atoms in total. The molecule has 1 amide bonds. The number of allylic oxidation sites excluding steroid dienone is 1. The molecular weight excluding hydrogens is 196 g/mol. The third kappa shape index (κ3) is 1.67. The molecule has 1 aliphatic rings. The lowest BCUT2D eigenvalue weighted by Crippen LogP contribution is -1.95. The molecule has 0 saturated heterocycles. The van der Waals surface area contributed by atoms with Crippen molar-refractivity contribution >= 4 is 23.4 Å². The average Bonchev–Trinajstić information content (AvgIpc) is 2.64. The highest BCUT2D eigenvalue weighted by molar-refractivity contribution is 6.28. The molecule has 15 heavy (non-hydrogen) atoms. The van der Waals surface area contributed by atoms with Gasteiger partial charge in [0.2, 0.25) is 0 Å². The van der Waals surface area contributed by atoms with Crippen LogP contribution in [-0.4, -0.2) is 17.0 Å². The first-order valence-electron chi connectivity index (χ1n) is 4.22. The molecule has 1 aromatic rings. The Balaban J connectivity index is 2.42. The highest BCUT2D eigenvalue weighted by atomic mass is 16.6. The van der Waals surface area contributed by atoms with Gasteiger partial charge in [-0.3, -0.25) is 14.9 Å². The summed E-state index contributed by atoms with van der Waals surface area (Å²) in [5, 5.41) is 10.5. The molecule has 0 unspecified atom stereocenters. The lowest BCUT2D eigenvalue weighted by molar-refractivity contribution is -0.384. The molecule has 0 aliphatic carbocycles. The van der Waals surface area contributed by atoms with Crippen LogP contribution in [0.5, 0.6) is 0 Å². The number of carbonyl (C=O) groups excluding carboxylic acids is 1. The monoisotopic (exact) mass is 202 g/mol. The van der Waals surface area contributed by atoms with Gasteiger partial charge < -0.3 is 0 Å². The van der Waals surface area contributed by atoms with Crippen molar-refractivity contribution in [2.75, 3.05) is 0 Å². The van der Waals surface area contributed by atoms with Gasteiger partial charge in [0.05, 0.1) is 10.5 Å². The molecule has 0 aromatic heterocycles. The van der Waals surface area contributed by atoms with Gasteiger partial charge in [-0.15, -0.1) is 0 Å². The topological polar surface area (TPSA) is 72.6 Å². The van der Waals surface area contributed by atoms with Crippen molar-refractivity contribution in [3.8, 4) is 0 Å². The number of nitro groups is 1. The molecule has 0 radical (unpaired) electrons. The lowest BCUT2D eigenvalue weighted by Gasteiger charge is -1.99. The van der Waals surface area contributed by atoms with Gasteiger partial charge in [-0.2, -0.15) is 0 Å². The van der Waals surface area contributed by atoms with Gasteiger partial charge in [-0.05, 0) is 11.6 Å². The number of nitro benzene ring substituents is 1. The first-order chi connectivity index (χ1) is 7.18. The van der Waals surface area contributed by atoms with E-state index in [1.807, 2.05) is 0 Å². The lowest BCUT2D eigenvalue weighted by atomic mass is 10.1. The van der Waals surface area contributed by atoms with Crippen LogP contribution in [0.3, 0.4) is 0 Å². The summed E-state index contributed by atoms with van der Waals surface area (Å²) in [4.78, 5) is 24.8. The molecular formula is C10H6N2O3. The highest BCUT2D eigenvalue weighted by Crippen LogP contribution is 2.22. The Bertz CT molecular complexity index is 503. The first kappa shape index (κ1) is 9.26. The van der Waals surface area contributed by atoms with Gasteiger partial charge in [0.15, 0.2) is 0 Å². The number of benzene rings is 1. The Morgan fingerprint density at radius 3 is 2.73 bits per heavy atom.